The Balaban J connectivity index is 3.37. The van der Waals surface area contributed by atoms with Gasteiger partial charge in [-0.25, -0.2) is 0 Å². The molecule has 0 radical (unpaired) electrons. The number of hydrogen-bond donors (Lipinski definition) is 0. The van der Waals surface area contributed by atoms with E-state index in [1.807, 2.05) is 0 Å². The van der Waals surface area contributed by atoms with Gasteiger partial charge in [-0.3, -0.25) is 18.4 Å². The van der Waals surface area contributed by atoms with Crippen molar-refractivity contribution in [3.8, 4) is 0 Å². The molecular weight excluding hydrogens is 461 g/mol. The molecule has 0 fully saturated rings. The highest BCUT2D eigenvalue weighted by Gasteiger charge is 2.59. The monoisotopic (exact) mass is 486 g/mol. The van der Waals surface area contributed by atoms with Gasteiger partial charge >= 0.3 is 13.3 Å². The third-order valence-corrected chi connectivity index (χ3v) is 6.98. The molecule has 0 amide bonds. The van der Waals surface area contributed by atoms with Crippen LogP contribution in [-0.4, -0.2) is 16.3 Å². The summed E-state index contributed by atoms with van der Waals surface area (Å²) in [4.78, 5) is 11.1. The Morgan fingerprint density at radius 2 is 1.59 bits per heavy atom. The molecule has 0 spiro atoms. The number of hydrogen-bond acceptors (Lipinski definition) is 5. The highest BCUT2D eigenvalue weighted by Crippen LogP contribution is 2.70. The summed E-state index contributed by atoms with van der Waals surface area (Å²) in [5.41, 5.74) is -5.89. The van der Waals surface area contributed by atoms with Crippen molar-refractivity contribution in [2.45, 2.75) is 71.1 Å². The largest absolute Gasteiger partial charge is 0.405 e. The van der Waals surface area contributed by atoms with E-state index < -0.39 is 30.0 Å². The second-order valence-electron chi connectivity index (χ2n) is 8.04. The van der Waals surface area contributed by atoms with Crippen molar-refractivity contribution < 1.29 is 27.2 Å². The molecule has 0 atom stereocenters. The lowest BCUT2D eigenvalue weighted by atomic mass is 10.1. The summed E-state index contributed by atoms with van der Waals surface area (Å²) in [6.45, 7) is 10.7. The molecule has 27 heavy (non-hydrogen) atoms. The number of benzene rings is 1. The lowest BCUT2D eigenvalue weighted by Gasteiger charge is -2.36. The highest BCUT2D eigenvalue weighted by molar-refractivity contribution is 9.10. The quantitative estimate of drug-likeness (QED) is 0.401. The summed E-state index contributed by atoms with van der Waals surface area (Å²) in [6.07, 6.45) is 0. The van der Waals surface area contributed by atoms with Gasteiger partial charge in [0.25, 0.3) is 0 Å². The standard InChI is InChI=1S/C18H26BrF2O4PS/c1-12(22)27-11-13-8-9-14(15(19)10-13)18(20,21)26(23,24-16(2,3)4)25-17(5,6)7/h8-10H,11H2,1-7H3. The fourth-order valence-corrected chi connectivity index (χ4v) is 5.66. The first-order chi connectivity index (χ1) is 12.0. The Bertz CT molecular complexity index is 722. The van der Waals surface area contributed by atoms with E-state index in [1.165, 1.54) is 25.1 Å². The lowest BCUT2D eigenvalue weighted by molar-refractivity contribution is -0.109. The van der Waals surface area contributed by atoms with Crippen LogP contribution < -0.4 is 0 Å². The van der Waals surface area contributed by atoms with E-state index in [0.717, 1.165) is 11.8 Å². The fraction of sp³-hybridized carbons (Fsp3) is 0.611. The SMILES string of the molecule is CC(=O)SCc1ccc(C(F)(F)P(=O)(OC(C)(C)C)OC(C)(C)C)c(Br)c1. The smallest absolute Gasteiger partial charge is 0.298 e. The molecular formula is C18H26BrF2O4PS. The molecule has 9 heteroatoms. The lowest BCUT2D eigenvalue weighted by Crippen LogP contribution is -2.30. The number of thioether (sulfide) groups is 1. The highest BCUT2D eigenvalue weighted by atomic mass is 79.9. The van der Waals surface area contributed by atoms with Gasteiger partial charge in [-0.05, 0) is 53.2 Å². The van der Waals surface area contributed by atoms with Gasteiger partial charge in [-0.15, -0.1) is 0 Å². The van der Waals surface area contributed by atoms with Crippen LogP contribution >= 0.6 is 35.3 Å². The Morgan fingerprint density at radius 1 is 1.11 bits per heavy atom. The third kappa shape index (κ3) is 7.24. The van der Waals surface area contributed by atoms with Gasteiger partial charge < -0.3 is 0 Å². The summed E-state index contributed by atoms with van der Waals surface area (Å²) >= 11 is 4.21. The topological polar surface area (TPSA) is 52.6 Å². The van der Waals surface area contributed by atoms with E-state index in [2.05, 4.69) is 15.9 Å². The van der Waals surface area contributed by atoms with Crippen LogP contribution in [0.4, 0.5) is 8.78 Å². The van der Waals surface area contributed by atoms with Crippen LogP contribution in [0.25, 0.3) is 0 Å². The number of carbonyl (C=O) groups is 1. The Hall–Kier alpha value is -0.270. The number of rotatable bonds is 6. The van der Waals surface area contributed by atoms with Crippen molar-refractivity contribution in [1.82, 2.24) is 0 Å². The molecule has 0 unspecified atom stereocenters. The van der Waals surface area contributed by atoms with Gasteiger partial charge in [0.05, 0.1) is 11.2 Å². The minimum absolute atomic E-state index is 0.0674. The first-order valence-corrected chi connectivity index (χ1v) is 11.6. The van der Waals surface area contributed by atoms with Crippen LogP contribution in [0.3, 0.4) is 0 Å². The van der Waals surface area contributed by atoms with Crippen LogP contribution in [0, 0.1) is 0 Å². The predicted molar refractivity (Wildman–Crippen MR) is 109 cm³/mol. The first-order valence-electron chi connectivity index (χ1n) is 8.29. The summed E-state index contributed by atoms with van der Waals surface area (Å²) in [5, 5.41) is -0.0674. The number of alkyl halides is 2. The Kier molecular flexibility index (Phi) is 7.91. The van der Waals surface area contributed by atoms with Gasteiger partial charge in [-0.1, -0.05) is 39.8 Å². The zero-order chi connectivity index (χ0) is 21.3. The normalized spacial score (nSPS) is 13.7. The zero-order valence-corrected chi connectivity index (χ0v) is 19.9. The number of halogens is 3. The molecule has 0 N–H and O–H groups in total. The molecule has 0 aliphatic rings. The van der Waals surface area contributed by atoms with E-state index in [4.69, 9.17) is 9.05 Å². The first kappa shape index (κ1) is 24.8. The van der Waals surface area contributed by atoms with Crippen LogP contribution in [0.1, 0.15) is 59.6 Å². The Labute approximate surface area is 172 Å². The second-order valence-corrected chi connectivity index (χ2v) is 12.0. The van der Waals surface area contributed by atoms with Gasteiger partial charge in [0.1, 0.15) is 0 Å². The van der Waals surface area contributed by atoms with Crippen LogP contribution in [0.15, 0.2) is 22.7 Å². The molecule has 1 rings (SSSR count). The predicted octanol–water partition coefficient (Wildman–Crippen LogP) is 7.10. The van der Waals surface area contributed by atoms with Crippen LogP contribution in [0.5, 0.6) is 0 Å². The minimum Gasteiger partial charge on any atom is -0.298 e. The average Bonchev–Trinajstić information content (AvgIpc) is 2.40. The molecule has 0 bridgehead atoms. The van der Waals surface area contributed by atoms with Crippen molar-refractivity contribution in [3.63, 3.8) is 0 Å². The molecule has 0 aromatic heterocycles. The summed E-state index contributed by atoms with van der Waals surface area (Å²) < 4.78 is 54.7. The maximum atomic E-state index is 15.4. The zero-order valence-electron chi connectivity index (χ0n) is 16.6. The summed E-state index contributed by atoms with van der Waals surface area (Å²) in [6, 6.07) is 4.14. The third-order valence-electron chi connectivity index (χ3n) is 2.93. The molecule has 154 valence electrons. The van der Waals surface area contributed by atoms with Crippen molar-refractivity contribution in [2.75, 3.05) is 0 Å². The van der Waals surface area contributed by atoms with E-state index in [-0.39, 0.29) is 9.59 Å². The Morgan fingerprint density at radius 3 is 1.96 bits per heavy atom. The molecule has 1 aromatic carbocycles. The maximum absolute atomic E-state index is 15.4. The van der Waals surface area contributed by atoms with E-state index in [0.29, 0.717) is 11.3 Å². The van der Waals surface area contributed by atoms with Gasteiger partial charge in [0, 0.05) is 22.7 Å². The van der Waals surface area contributed by atoms with Gasteiger partial charge in [0.2, 0.25) is 0 Å². The molecule has 0 heterocycles. The van der Waals surface area contributed by atoms with Crippen molar-refractivity contribution in [1.29, 1.82) is 0 Å². The second kappa shape index (κ2) is 8.62. The molecule has 1 aromatic rings. The minimum atomic E-state index is -4.88. The van der Waals surface area contributed by atoms with Crippen molar-refractivity contribution in [3.05, 3.63) is 33.8 Å². The van der Waals surface area contributed by atoms with E-state index in [9.17, 15) is 9.36 Å². The van der Waals surface area contributed by atoms with Crippen molar-refractivity contribution >= 4 is 40.4 Å². The average molecular weight is 487 g/mol. The summed E-state index contributed by atoms with van der Waals surface area (Å²) in [7, 11) is -4.88. The fourth-order valence-electron chi connectivity index (χ4n) is 2.08. The molecule has 0 aliphatic heterocycles. The molecule has 0 aliphatic carbocycles. The van der Waals surface area contributed by atoms with Crippen LogP contribution in [-0.2, 0) is 29.8 Å². The molecule has 4 nitrogen and oxygen atoms in total. The van der Waals surface area contributed by atoms with E-state index in [1.54, 1.807) is 41.5 Å². The van der Waals surface area contributed by atoms with E-state index >= 15 is 8.78 Å². The number of carbonyl (C=O) groups excluding carboxylic acids is 1. The van der Waals surface area contributed by atoms with Gasteiger partial charge in [-0.2, -0.15) is 8.78 Å². The maximum Gasteiger partial charge on any atom is 0.405 e. The van der Waals surface area contributed by atoms with Crippen LogP contribution in [0.2, 0.25) is 0 Å². The van der Waals surface area contributed by atoms with Gasteiger partial charge in [0.15, 0.2) is 5.12 Å². The molecule has 0 saturated carbocycles. The van der Waals surface area contributed by atoms with Crippen molar-refractivity contribution in [2.24, 2.45) is 0 Å². The molecule has 0 saturated heterocycles. The summed E-state index contributed by atoms with van der Waals surface area (Å²) in [5.74, 6) is 0.356.